The molecule has 2 aromatic carbocycles. The fraction of sp³-hybridized carbons (Fsp3) is 0.227. The molecule has 144 valence electrons. The fourth-order valence-corrected chi connectivity index (χ4v) is 3.58. The van der Waals surface area contributed by atoms with Gasteiger partial charge < -0.3 is 10.6 Å². The maximum absolute atomic E-state index is 12.0. The summed E-state index contributed by atoms with van der Waals surface area (Å²) in [5, 5.41) is 8.31. The van der Waals surface area contributed by atoms with Crippen molar-refractivity contribution in [2.75, 3.05) is 6.54 Å². The highest BCUT2D eigenvalue weighted by Gasteiger charge is 2.16. The van der Waals surface area contributed by atoms with Gasteiger partial charge in [-0.05, 0) is 19.4 Å². The number of amides is 2. The molecule has 0 radical (unpaired) electrons. The van der Waals surface area contributed by atoms with Gasteiger partial charge in [-0.15, -0.1) is 11.3 Å². The maximum Gasteiger partial charge on any atom is 0.309 e. The minimum Gasteiger partial charge on any atom is -0.347 e. The topological polar surface area (TPSA) is 71.1 Å². The zero-order valence-corrected chi connectivity index (χ0v) is 16.8. The number of carbonyl (C=O) groups is 2. The summed E-state index contributed by atoms with van der Waals surface area (Å²) >= 11 is 1.58. The molecule has 2 N–H and O–H groups in total. The zero-order chi connectivity index (χ0) is 19.9. The zero-order valence-electron chi connectivity index (χ0n) is 15.9. The molecular weight excluding hydrogens is 370 g/mol. The van der Waals surface area contributed by atoms with Gasteiger partial charge in [0.15, 0.2) is 0 Å². The van der Waals surface area contributed by atoms with Crippen molar-refractivity contribution in [2.45, 2.75) is 26.3 Å². The summed E-state index contributed by atoms with van der Waals surface area (Å²) in [6.45, 7) is 4.27. The van der Waals surface area contributed by atoms with Crippen LogP contribution in [0.25, 0.3) is 10.6 Å². The number of nitrogens with zero attached hydrogens (tertiary/aromatic N) is 1. The Morgan fingerprint density at radius 3 is 2.46 bits per heavy atom. The Kier molecular flexibility index (Phi) is 6.55. The van der Waals surface area contributed by atoms with E-state index < -0.39 is 11.8 Å². The molecule has 0 saturated heterocycles. The molecule has 3 aromatic rings. The second-order valence-electron chi connectivity index (χ2n) is 6.62. The highest BCUT2D eigenvalue weighted by atomic mass is 32.1. The average molecular weight is 394 g/mol. The number of aryl methyl sites for hydroxylation is 1. The minimum atomic E-state index is -0.630. The molecule has 1 aromatic heterocycles. The van der Waals surface area contributed by atoms with E-state index in [4.69, 9.17) is 0 Å². The van der Waals surface area contributed by atoms with Gasteiger partial charge in [-0.25, -0.2) is 4.98 Å². The van der Waals surface area contributed by atoms with Gasteiger partial charge in [0.1, 0.15) is 5.01 Å². The molecule has 0 fully saturated rings. The normalized spacial score (nSPS) is 11.6. The fourth-order valence-electron chi connectivity index (χ4n) is 2.72. The first-order valence-corrected chi connectivity index (χ1v) is 10.1. The van der Waals surface area contributed by atoms with E-state index in [1.807, 2.05) is 42.6 Å². The third-order valence-electron chi connectivity index (χ3n) is 4.37. The molecule has 2 amide bonds. The summed E-state index contributed by atoms with van der Waals surface area (Å²) in [6.07, 6.45) is 0.579. The third kappa shape index (κ3) is 5.27. The summed E-state index contributed by atoms with van der Waals surface area (Å²) in [5.74, 6) is -1.26. The largest absolute Gasteiger partial charge is 0.347 e. The summed E-state index contributed by atoms with van der Waals surface area (Å²) in [6, 6.07) is 17.5. The Balaban J connectivity index is 1.46. The highest BCUT2D eigenvalue weighted by Crippen LogP contribution is 2.24. The first kappa shape index (κ1) is 19.8. The Labute approximate surface area is 168 Å². The molecule has 1 heterocycles. The number of benzene rings is 2. The number of hydrogen-bond acceptors (Lipinski definition) is 4. The molecule has 1 atom stereocenters. The number of rotatable bonds is 6. The van der Waals surface area contributed by atoms with Crippen molar-refractivity contribution in [3.8, 4) is 10.6 Å². The van der Waals surface area contributed by atoms with Gasteiger partial charge in [0.05, 0.1) is 11.7 Å². The molecule has 28 heavy (non-hydrogen) atoms. The minimum absolute atomic E-state index is 0.227. The Hall–Kier alpha value is -2.99. The van der Waals surface area contributed by atoms with Crippen LogP contribution < -0.4 is 10.6 Å². The van der Waals surface area contributed by atoms with Crippen LogP contribution in [0.4, 0.5) is 0 Å². The van der Waals surface area contributed by atoms with Gasteiger partial charge in [0, 0.05) is 23.9 Å². The van der Waals surface area contributed by atoms with Crippen LogP contribution >= 0.6 is 11.3 Å². The van der Waals surface area contributed by atoms with E-state index in [0.717, 1.165) is 21.8 Å². The standard InChI is InChI=1S/C22H23N3O2S/c1-15-8-10-18(11-9-15)22-25-19(14-28-22)12-13-23-20(26)21(27)24-16(2)17-6-4-3-5-7-17/h3-11,14,16H,12-13H2,1-2H3,(H,23,26)(H,24,27)/t16-/m1/s1. The van der Waals surface area contributed by atoms with Crippen LogP contribution in [0.5, 0.6) is 0 Å². The van der Waals surface area contributed by atoms with E-state index in [1.54, 1.807) is 11.3 Å². The number of nitrogens with one attached hydrogen (secondary N) is 2. The van der Waals surface area contributed by atoms with Crippen LogP contribution in [0.1, 0.15) is 29.8 Å². The SMILES string of the molecule is Cc1ccc(-c2nc(CCNC(=O)C(=O)N[C@H](C)c3ccccc3)cs2)cc1. The lowest BCUT2D eigenvalue weighted by atomic mass is 10.1. The Bertz CT molecular complexity index is 936. The van der Waals surface area contributed by atoms with E-state index in [2.05, 4.69) is 46.8 Å². The second-order valence-corrected chi connectivity index (χ2v) is 7.48. The first-order valence-electron chi connectivity index (χ1n) is 9.18. The van der Waals surface area contributed by atoms with E-state index in [-0.39, 0.29) is 6.04 Å². The Morgan fingerprint density at radius 2 is 1.75 bits per heavy atom. The van der Waals surface area contributed by atoms with Gasteiger partial charge in [0.2, 0.25) is 0 Å². The number of aromatic nitrogens is 1. The van der Waals surface area contributed by atoms with Gasteiger partial charge in [-0.3, -0.25) is 9.59 Å². The van der Waals surface area contributed by atoms with E-state index in [9.17, 15) is 9.59 Å². The van der Waals surface area contributed by atoms with Crippen LogP contribution in [-0.4, -0.2) is 23.3 Å². The van der Waals surface area contributed by atoms with E-state index >= 15 is 0 Å². The molecule has 0 aliphatic carbocycles. The van der Waals surface area contributed by atoms with Crippen molar-refractivity contribution in [1.29, 1.82) is 0 Å². The van der Waals surface area contributed by atoms with E-state index in [1.165, 1.54) is 5.56 Å². The molecule has 0 spiro atoms. The van der Waals surface area contributed by atoms with Crippen LogP contribution in [0, 0.1) is 6.92 Å². The van der Waals surface area contributed by atoms with Crippen molar-refractivity contribution in [2.24, 2.45) is 0 Å². The molecular formula is C22H23N3O2S. The molecule has 0 saturated carbocycles. The molecule has 5 nitrogen and oxygen atoms in total. The second kappa shape index (κ2) is 9.28. The third-order valence-corrected chi connectivity index (χ3v) is 5.31. The van der Waals surface area contributed by atoms with Crippen molar-refractivity contribution < 1.29 is 9.59 Å². The van der Waals surface area contributed by atoms with Crippen LogP contribution in [0.3, 0.4) is 0 Å². The lowest BCUT2D eigenvalue weighted by molar-refractivity contribution is -0.139. The van der Waals surface area contributed by atoms with Gasteiger partial charge in [0.25, 0.3) is 0 Å². The Morgan fingerprint density at radius 1 is 1.04 bits per heavy atom. The summed E-state index contributed by atoms with van der Waals surface area (Å²) in [7, 11) is 0. The lowest BCUT2D eigenvalue weighted by Crippen LogP contribution is -2.41. The molecule has 3 rings (SSSR count). The van der Waals surface area contributed by atoms with Gasteiger partial charge in [-0.1, -0.05) is 60.2 Å². The summed E-state index contributed by atoms with van der Waals surface area (Å²) in [5.41, 5.74) is 4.15. The molecule has 0 unspecified atom stereocenters. The number of hydrogen-bond donors (Lipinski definition) is 2. The summed E-state index contributed by atoms with van der Waals surface area (Å²) in [4.78, 5) is 28.7. The molecule has 6 heteroatoms. The maximum atomic E-state index is 12.0. The van der Waals surface area contributed by atoms with Crippen LogP contribution in [-0.2, 0) is 16.0 Å². The van der Waals surface area contributed by atoms with Crippen molar-refractivity contribution in [1.82, 2.24) is 15.6 Å². The smallest absolute Gasteiger partial charge is 0.309 e. The lowest BCUT2D eigenvalue weighted by Gasteiger charge is -2.13. The van der Waals surface area contributed by atoms with Crippen molar-refractivity contribution in [3.05, 3.63) is 76.8 Å². The van der Waals surface area contributed by atoms with Crippen molar-refractivity contribution in [3.63, 3.8) is 0 Å². The molecule has 0 aliphatic heterocycles. The quantitative estimate of drug-likeness (QED) is 0.628. The predicted octanol–water partition coefficient (Wildman–Crippen LogP) is 3.65. The van der Waals surface area contributed by atoms with E-state index in [0.29, 0.717) is 13.0 Å². The van der Waals surface area contributed by atoms with Crippen LogP contribution in [0.15, 0.2) is 60.0 Å². The van der Waals surface area contributed by atoms with Crippen molar-refractivity contribution >= 4 is 23.2 Å². The van der Waals surface area contributed by atoms with Gasteiger partial charge >= 0.3 is 11.8 Å². The van der Waals surface area contributed by atoms with Gasteiger partial charge in [-0.2, -0.15) is 0 Å². The monoisotopic (exact) mass is 393 g/mol. The summed E-state index contributed by atoms with van der Waals surface area (Å²) < 4.78 is 0. The number of thiazole rings is 1. The molecule has 0 bridgehead atoms. The first-order chi connectivity index (χ1) is 13.5. The van der Waals surface area contributed by atoms with Crippen LogP contribution in [0.2, 0.25) is 0 Å². The average Bonchev–Trinajstić information content (AvgIpc) is 3.18. The highest BCUT2D eigenvalue weighted by molar-refractivity contribution is 7.13. The molecule has 0 aliphatic rings. The predicted molar refractivity (Wildman–Crippen MR) is 112 cm³/mol. The number of carbonyl (C=O) groups excluding carboxylic acids is 2.